The van der Waals surface area contributed by atoms with E-state index in [1.165, 1.54) is 0 Å². The summed E-state index contributed by atoms with van der Waals surface area (Å²) < 4.78 is 22.4. The third-order valence-corrected chi connectivity index (χ3v) is 2.00. The number of alkyl halides is 2. The Kier molecular flexibility index (Phi) is 3.83. The van der Waals surface area contributed by atoms with Gasteiger partial charge >= 0.3 is 0 Å². The number of allylic oxidation sites excluding steroid dienone is 1. The van der Waals surface area contributed by atoms with Crippen molar-refractivity contribution in [2.75, 3.05) is 0 Å². The first-order valence-electron chi connectivity index (χ1n) is 1.42. The minimum Gasteiger partial charge on any atom is -0.204 e. The lowest BCUT2D eigenvalue weighted by molar-refractivity contribution is 0.201. The molecule has 0 saturated carbocycles. The summed E-state index contributed by atoms with van der Waals surface area (Å²) in [5.41, 5.74) is 0. The number of rotatable bonds is 1. The van der Waals surface area contributed by atoms with E-state index >= 15 is 0 Å². The molecule has 0 aromatic carbocycles. The SMILES string of the molecule is FC(F)C(Br)=CBr. The van der Waals surface area contributed by atoms with Crippen molar-refractivity contribution in [2.45, 2.75) is 6.43 Å². The van der Waals surface area contributed by atoms with Crippen molar-refractivity contribution in [3.63, 3.8) is 0 Å². The fourth-order valence-electron chi connectivity index (χ4n) is 0.0476. The Morgan fingerprint density at radius 2 is 2.00 bits per heavy atom. The fraction of sp³-hybridized carbons (Fsp3) is 0.333. The van der Waals surface area contributed by atoms with Gasteiger partial charge in [0, 0.05) is 0 Å². The lowest BCUT2D eigenvalue weighted by Crippen LogP contribution is -1.84. The molecular weight excluding hydrogens is 234 g/mol. The summed E-state index contributed by atoms with van der Waals surface area (Å²) in [6.07, 6.45) is -2.40. The van der Waals surface area contributed by atoms with Crippen molar-refractivity contribution in [3.05, 3.63) is 9.47 Å². The molecule has 0 saturated heterocycles. The summed E-state index contributed by atoms with van der Waals surface area (Å²) in [7, 11) is 0. The average molecular weight is 236 g/mol. The van der Waals surface area contributed by atoms with Crippen LogP contribution in [0.2, 0.25) is 0 Å². The highest BCUT2D eigenvalue weighted by Crippen LogP contribution is 2.16. The Balaban J connectivity index is 3.56. The minimum atomic E-state index is -2.40. The first kappa shape index (κ1) is 7.56. The predicted molar refractivity (Wildman–Crippen MR) is 31.9 cm³/mol. The van der Waals surface area contributed by atoms with Gasteiger partial charge in [0.05, 0.1) is 4.48 Å². The molecule has 0 aromatic rings. The van der Waals surface area contributed by atoms with E-state index in [0.717, 1.165) is 4.99 Å². The van der Waals surface area contributed by atoms with Crippen LogP contribution in [-0.4, -0.2) is 6.43 Å². The van der Waals surface area contributed by atoms with Gasteiger partial charge in [0.25, 0.3) is 6.43 Å². The monoisotopic (exact) mass is 234 g/mol. The second kappa shape index (κ2) is 3.55. The summed E-state index contributed by atoms with van der Waals surface area (Å²) in [5, 5.41) is 0. The largest absolute Gasteiger partial charge is 0.270 e. The zero-order chi connectivity index (χ0) is 5.86. The number of hydrogen-bond donors (Lipinski definition) is 0. The molecule has 0 nitrogen and oxygen atoms in total. The molecule has 0 heterocycles. The van der Waals surface area contributed by atoms with Gasteiger partial charge in [-0.15, -0.1) is 0 Å². The summed E-state index contributed by atoms with van der Waals surface area (Å²) in [6, 6.07) is 0. The average Bonchev–Trinajstić information content (AvgIpc) is 1.65. The standard InChI is InChI=1S/C3H2Br2F2/c4-1-2(5)3(6)7/h1,3H. The molecule has 0 unspecified atom stereocenters. The molecule has 0 aliphatic carbocycles. The van der Waals surface area contributed by atoms with Gasteiger partial charge in [-0.2, -0.15) is 0 Å². The molecule has 0 N–H and O–H groups in total. The molecular formula is C3H2Br2F2. The zero-order valence-corrected chi connectivity index (χ0v) is 6.34. The van der Waals surface area contributed by atoms with E-state index in [4.69, 9.17) is 0 Å². The molecule has 7 heavy (non-hydrogen) atoms. The maximum atomic E-state index is 11.3. The van der Waals surface area contributed by atoms with E-state index in [-0.39, 0.29) is 4.48 Å². The third kappa shape index (κ3) is 3.17. The maximum Gasteiger partial charge on any atom is 0.270 e. The minimum absolute atomic E-state index is 0.132. The van der Waals surface area contributed by atoms with E-state index in [1.807, 2.05) is 0 Å². The summed E-state index contributed by atoms with van der Waals surface area (Å²) in [5.74, 6) is 0. The fourth-order valence-corrected chi connectivity index (χ4v) is 0.247. The number of halogens is 4. The molecule has 0 atom stereocenters. The van der Waals surface area contributed by atoms with Gasteiger partial charge in [-0.25, -0.2) is 8.78 Å². The second-order valence-electron chi connectivity index (χ2n) is 0.795. The third-order valence-electron chi connectivity index (χ3n) is 0.313. The Hall–Kier alpha value is 0.560. The molecule has 0 rings (SSSR count). The molecule has 0 spiro atoms. The first-order chi connectivity index (χ1) is 3.18. The zero-order valence-electron chi connectivity index (χ0n) is 3.17. The molecule has 0 aromatic heterocycles. The predicted octanol–water partition coefficient (Wildman–Crippen LogP) is 2.88. The van der Waals surface area contributed by atoms with Crippen molar-refractivity contribution >= 4 is 31.9 Å². The Bertz CT molecular complexity index is 79.0. The summed E-state index contributed by atoms with van der Waals surface area (Å²) in [4.78, 5) is 1.14. The van der Waals surface area contributed by atoms with Crippen molar-refractivity contribution in [1.82, 2.24) is 0 Å². The highest BCUT2D eigenvalue weighted by atomic mass is 79.9. The van der Waals surface area contributed by atoms with Crippen LogP contribution in [0.5, 0.6) is 0 Å². The molecule has 4 heteroatoms. The summed E-state index contributed by atoms with van der Waals surface area (Å²) in [6.45, 7) is 0. The molecule has 0 aliphatic heterocycles. The Morgan fingerprint density at radius 3 is 2.00 bits per heavy atom. The lowest BCUT2D eigenvalue weighted by Gasteiger charge is -1.88. The first-order valence-corrected chi connectivity index (χ1v) is 3.13. The van der Waals surface area contributed by atoms with Crippen LogP contribution in [0.3, 0.4) is 0 Å². The summed E-state index contributed by atoms with van der Waals surface area (Å²) >= 11 is 5.33. The smallest absolute Gasteiger partial charge is 0.204 e. The van der Waals surface area contributed by atoms with Gasteiger partial charge in [0.2, 0.25) is 0 Å². The van der Waals surface area contributed by atoms with E-state index in [0.29, 0.717) is 0 Å². The van der Waals surface area contributed by atoms with Crippen molar-refractivity contribution in [2.24, 2.45) is 0 Å². The van der Waals surface area contributed by atoms with Gasteiger partial charge in [-0.3, -0.25) is 0 Å². The molecule has 0 radical (unpaired) electrons. The van der Waals surface area contributed by atoms with Crippen LogP contribution in [0.25, 0.3) is 0 Å². The van der Waals surface area contributed by atoms with Gasteiger partial charge in [0.1, 0.15) is 0 Å². The van der Waals surface area contributed by atoms with Crippen molar-refractivity contribution in [3.8, 4) is 0 Å². The number of hydrogen-bond acceptors (Lipinski definition) is 0. The van der Waals surface area contributed by atoms with E-state index in [9.17, 15) is 8.78 Å². The topological polar surface area (TPSA) is 0 Å². The van der Waals surface area contributed by atoms with Crippen LogP contribution in [-0.2, 0) is 0 Å². The molecule has 0 amide bonds. The Labute approximate surface area is 56.8 Å². The van der Waals surface area contributed by atoms with Crippen LogP contribution in [0.15, 0.2) is 9.47 Å². The van der Waals surface area contributed by atoms with Gasteiger partial charge < -0.3 is 0 Å². The maximum absolute atomic E-state index is 11.3. The van der Waals surface area contributed by atoms with Gasteiger partial charge in [0.15, 0.2) is 0 Å². The quantitative estimate of drug-likeness (QED) is 0.656. The highest BCUT2D eigenvalue weighted by molar-refractivity contribution is 9.14. The molecule has 42 valence electrons. The van der Waals surface area contributed by atoms with E-state index in [2.05, 4.69) is 31.9 Å². The molecule has 0 aliphatic rings. The van der Waals surface area contributed by atoms with E-state index < -0.39 is 6.43 Å². The molecule has 0 bridgehead atoms. The Morgan fingerprint density at radius 1 is 1.57 bits per heavy atom. The van der Waals surface area contributed by atoms with Crippen LogP contribution >= 0.6 is 31.9 Å². The van der Waals surface area contributed by atoms with Crippen molar-refractivity contribution in [1.29, 1.82) is 0 Å². The van der Waals surface area contributed by atoms with Crippen LogP contribution in [0.4, 0.5) is 8.78 Å². The van der Waals surface area contributed by atoms with Gasteiger partial charge in [-0.1, -0.05) is 15.9 Å². The van der Waals surface area contributed by atoms with Crippen LogP contribution in [0, 0.1) is 0 Å². The second-order valence-corrected chi connectivity index (χ2v) is 2.17. The van der Waals surface area contributed by atoms with Crippen LogP contribution in [0.1, 0.15) is 0 Å². The lowest BCUT2D eigenvalue weighted by atomic mass is 10.7. The van der Waals surface area contributed by atoms with E-state index in [1.54, 1.807) is 0 Å². The molecule has 0 fully saturated rings. The van der Waals surface area contributed by atoms with Crippen LogP contribution < -0.4 is 0 Å². The van der Waals surface area contributed by atoms with Crippen molar-refractivity contribution < 1.29 is 8.78 Å². The normalized spacial score (nSPS) is 13.0. The van der Waals surface area contributed by atoms with Gasteiger partial charge in [-0.05, 0) is 20.9 Å². The highest BCUT2D eigenvalue weighted by Gasteiger charge is 2.03.